The number of nitrogens with one attached hydrogen (secondary N) is 2. The van der Waals surface area contributed by atoms with Gasteiger partial charge in [0.05, 0.1) is 6.61 Å². The Hall–Kier alpha value is -2.93. The summed E-state index contributed by atoms with van der Waals surface area (Å²) in [6.07, 6.45) is 1.93. The van der Waals surface area contributed by atoms with Gasteiger partial charge in [-0.3, -0.25) is 0 Å². The molecule has 0 fully saturated rings. The number of alkyl halides is 3. The van der Waals surface area contributed by atoms with E-state index in [1.807, 2.05) is 24.4 Å². The number of aromatic amines is 1. The van der Waals surface area contributed by atoms with E-state index in [0.717, 1.165) is 41.6 Å². The van der Waals surface area contributed by atoms with Crippen molar-refractivity contribution in [3.63, 3.8) is 0 Å². The second kappa shape index (κ2) is 11.1. The van der Waals surface area contributed by atoms with Gasteiger partial charge in [0.15, 0.2) is 12.8 Å². The van der Waals surface area contributed by atoms with Gasteiger partial charge in [-0.15, -0.1) is 0 Å². The summed E-state index contributed by atoms with van der Waals surface area (Å²) in [4.78, 5) is 3.28. The molecule has 7 heteroatoms. The number of aromatic nitrogens is 1. The Morgan fingerprint density at radius 2 is 1.97 bits per heavy atom. The predicted octanol–water partition coefficient (Wildman–Crippen LogP) is 5.83. The van der Waals surface area contributed by atoms with Crippen molar-refractivity contribution in [2.24, 2.45) is 0 Å². The highest BCUT2D eigenvalue weighted by molar-refractivity contribution is 5.84. The quantitative estimate of drug-likeness (QED) is 0.257. The average molecular weight is 447 g/mol. The highest BCUT2D eigenvalue weighted by Crippen LogP contribution is 2.25. The highest BCUT2D eigenvalue weighted by Gasteiger charge is 2.39. The normalized spacial score (nSPS) is 12.6. The molecule has 3 aromatic rings. The van der Waals surface area contributed by atoms with Crippen molar-refractivity contribution < 1.29 is 22.6 Å². The first-order valence-corrected chi connectivity index (χ1v) is 10.7. The molecule has 1 unspecified atom stereocenters. The SMILES string of the molecule is C=CC(F)C(F)(F)COc1cccc(CNCCc2c[nH]c3ccc(OCCC)cc23)c1. The van der Waals surface area contributed by atoms with E-state index < -0.39 is 18.7 Å². The molecule has 0 saturated carbocycles. The van der Waals surface area contributed by atoms with Crippen molar-refractivity contribution >= 4 is 10.9 Å². The van der Waals surface area contributed by atoms with E-state index in [1.165, 1.54) is 5.56 Å². The number of ether oxygens (including phenoxy) is 2. The van der Waals surface area contributed by atoms with Gasteiger partial charge in [-0.2, -0.15) is 8.78 Å². The van der Waals surface area contributed by atoms with E-state index in [9.17, 15) is 13.2 Å². The molecule has 4 nitrogen and oxygen atoms in total. The van der Waals surface area contributed by atoms with Crippen molar-refractivity contribution in [3.8, 4) is 11.5 Å². The molecule has 172 valence electrons. The van der Waals surface area contributed by atoms with Crippen LogP contribution in [0.25, 0.3) is 10.9 Å². The molecule has 1 aromatic heterocycles. The lowest BCUT2D eigenvalue weighted by Gasteiger charge is -2.18. The molecule has 0 bridgehead atoms. The monoisotopic (exact) mass is 446 g/mol. The lowest BCUT2D eigenvalue weighted by molar-refractivity contribution is -0.0844. The summed E-state index contributed by atoms with van der Waals surface area (Å²) < 4.78 is 51.2. The van der Waals surface area contributed by atoms with Crippen LogP contribution in [0.2, 0.25) is 0 Å². The van der Waals surface area contributed by atoms with E-state index in [4.69, 9.17) is 9.47 Å². The van der Waals surface area contributed by atoms with Gasteiger partial charge in [0, 0.05) is 23.6 Å². The molecule has 0 spiro atoms. The maximum absolute atomic E-state index is 13.6. The van der Waals surface area contributed by atoms with E-state index >= 15 is 0 Å². The number of fused-ring (bicyclic) bond motifs is 1. The third-order valence-corrected chi connectivity index (χ3v) is 5.05. The van der Waals surface area contributed by atoms with Crippen LogP contribution in [0.4, 0.5) is 13.2 Å². The summed E-state index contributed by atoms with van der Waals surface area (Å²) in [6, 6.07) is 12.9. The van der Waals surface area contributed by atoms with Crippen molar-refractivity contribution in [1.82, 2.24) is 10.3 Å². The fourth-order valence-electron chi connectivity index (χ4n) is 3.31. The molecule has 2 N–H and O–H groups in total. The molecule has 0 amide bonds. The zero-order valence-corrected chi connectivity index (χ0v) is 18.2. The first-order chi connectivity index (χ1) is 15.4. The molecule has 1 atom stereocenters. The number of H-pyrrole nitrogens is 1. The van der Waals surface area contributed by atoms with Crippen LogP contribution in [0.3, 0.4) is 0 Å². The number of allylic oxidation sites excluding steroid dienone is 1. The Labute approximate surface area is 186 Å². The minimum atomic E-state index is -3.61. The smallest absolute Gasteiger partial charge is 0.315 e. The summed E-state index contributed by atoms with van der Waals surface area (Å²) in [5.74, 6) is -2.48. The second-order valence-corrected chi connectivity index (χ2v) is 7.63. The van der Waals surface area contributed by atoms with Gasteiger partial charge in [0.25, 0.3) is 0 Å². The van der Waals surface area contributed by atoms with Gasteiger partial charge in [0.2, 0.25) is 0 Å². The third-order valence-electron chi connectivity index (χ3n) is 5.05. The number of benzene rings is 2. The molecule has 0 aliphatic carbocycles. The molecule has 0 radical (unpaired) electrons. The van der Waals surface area contributed by atoms with Crippen molar-refractivity contribution in [1.29, 1.82) is 0 Å². The van der Waals surface area contributed by atoms with Gasteiger partial charge in [-0.05, 0) is 60.8 Å². The summed E-state index contributed by atoms with van der Waals surface area (Å²) in [5.41, 5.74) is 3.15. The molecule has 2 aromatic carbocycles. The summed E-state index contributed by atoms with van der Waals surface area (Å²) in [7, 11) is 0. The molecule has 1 heterocycles. The van der Waals surface area contributed by atoms with Crippen molar-refractivity contribution in [2.75, 3.05) is 19.8 Å². The second-order valence-electron chi connectivity index (χ2n) is 7.63. The van der Waals surface area contributed by atoms with Gasteiger partial charge < -0.3 is 19.8 Å². The van der Waals surface area contributed by atoms with Crippen LogP contribution < -0.4 is 14.8 Å². The topological polar surface area (TPSA) is 46.3 Å². The van der Waals surface area contributed by atoms with Crippen molar-refractivity contribution in [2.45, 2.75) is 38.4 Å². The van der Waals surface area contributed by atoms with Crippen LogP contribution in [-0.4, -0.2) is 36.8 Å². The number of hydrogen-bond donors (Lipinski definition) is 2. The zero-order valence-electron chi connectivity index (χ0n) is 18.2. The van der Waals surface area contributed by atoms with Crippen LogP contribution in [-0.2, 0) is 13.0 Å². The molecule has 0 aliphatic rings. The first kappa shape index (κ1) is 23.7. The van der Waals surface area contributed by atoms with Gasteiger partial charge in [-0.25, -0.2) is 4.39 Å². The minimum absolute atomic E-state index is 0.275. The first-order valence-electron chi connectivity index (χ1n) is 10.7. The van der Waals surface area contributed by atoms with Crippen LogP contribution in [0.15, 0.2) is 61.3 Å². The minimum Gasteiger partial charge on any atom is -0.494 e. The van der Waals surface area contributed by atoms with Crippen LogP contribution in [0, 0.1) is 0 Å². The molecular weight excluding hydrogens is 417 g/mol. The molecular formula is C25H29F3N2O2. The Kier molecular flexibility index (Phi) is 8.22. The Bertz CT molecular complexity index is 1020. The fraction of sp³-hybridized carbons (Fsp3) is 0.360. The van der Waals surface area contributed by atoms with E-state index in [1.54, 1.807) is 18.2 Å². The van der Waals surface area contributed by atoms with Gasteiger partial charge >= 0.3 is 5.92 Å². The van der Waals surface area contributed by atoms with E-state index in [-0.39, 0.29) is 5.75 Å². The van der Waals surface area contributed by atoms with Gasteiger partial charge in [-0.1, -0.05) is 31.7 Å². The lowest BCUT2D eigenvalue weighted by atomic mass is 10.1. The number of hydrogen-bond acceptors (Lipinski definition) is 3. The number of rotatable bonds is 13. The maximum Gasteiger partial charge on any atom is 0.315 e. The van der Waals surface area contributed by atoms with Crippen LogP contribution in [0.5, 0.6) is 11.5 Å². The summed E-state index contributed by atoms with van der Waals surface area (Å²) in [6.45, 7) is 6.08. The van der Waals surface area contributed by atoms with Crippen molar-refractivity contribution in [3.05, 3.63) is 72.4 Å². The standard InChI is InChI=1S/C25H29F3N2O2/c1-3-12-31-21-8-9-23-22(14-21)19(16-30-23)10-11-29-15-18-6-5-7-20(13-18)32-17-25(27,28)24(26)4-2/h4-9,13-14,16,24,29-30H,2-3,10-12,15,17H2,1H3. The third kappa shape index (κ3) is 6.29. The average Bonchev–Trinajstić information content (AvgIpc) is 3.21. The highest BCUT2D eigenvalue weighted by atomic mass is 19.3. The van der Waals surface area contributed by atoms with Crippen LogP contribution >= 0.6 is 0 Å². The van der Waals surface area contributed by atoms with E-state index in [2.05, 4.69) is 29.9 Å². The molecule has 32 heavy (non-hydrogen) atoms. The summed E-state index contributed by atoms with van der Waals surface area (Å²) in [5, 5.41) is 4.50. The zero-order chi connectivity index (χ0) is 23.0. The summed E-state index contributed by atoms with van der Waals surface area (Å²) >= 11 is 0. The molecule has 0 aliphatic heterocycles. The fourth-order valence-corrected chi connectivity index (χ4v) is 3.31. The largest absolute Gasteiger partial charge is 0.494 e. The lowest BCUT2D eigenvalue weighted by Crippen LogP contribution is -2.35. The predicted molar refractivity (Wildman–Crippen MR) is 121 cm³/mol. The van der Waals surface area contributed by atoms with E-state index in [0.29, 0.717) is 19.2 Å². The number of halogens is 3. The van der Waals surface area contributed by atoms with Crippen LogP contribution in [0.1, 0.15) is 24.5 Å². The molecule has 0 saturated heterocycles. The van der Waals surface area contributed by atoms with Gasteiger partial charge in [0.1, 0.15) is 11.5 Å². The molecule has 3 rings (SSSR count). The maximum atomic E-state index is 13.6. The Morgan fingerprint density at radius 1 is 1.16 bits per heavy atom. The Balaban J connectivity index is 1.51. The Morgan fingerprint density at radius 3 is 2.75 bits per heavy atom.